The van der Waals surface area contributed by atoms with Crippen LogP contribution in [0.15, 0.2) is 78.0 Å². The minimum Gasteiger partial charge on any atom is -0.497 e. The van der Waals surface area contributed by atoms with Gasteiger partial charge in [0.25, 0.3) is 5.91 Å². The highest BCUT2D eigenvalue weighted by Crippen LogP contribution is 2.41. The fraction of sp³-hybridized carbons (Fsp3) is 0.207. The first-order valence-electron chi connectivity index (χ1n) is 12.2. The summed E-state index contributed by atoms with van der Waals surface area (Å²) in [6.45, 7) is 1.84. The van der Waals surface area contributed by atoms with Gasteiger partial charge < -0.3 is 29.6 Å². The minimum absolute atomic E-state index is 0.320. The number of benzene rings is 3. The largest absolute Gasteiger partial charge is 0.497 e. The molecule has 5 rings (SSSR count). The summed E-state index contributed by atoms with van der Waals surface area (Å²) >= 11 is 0. The van der Waals surface area contributed by atoms with Crippen molar-refractivity contribution in [1.29, 1.82) is 0 Å². The van der Waals surface area contributed by atoms with Crippen molar-refractivity contribution < 1.29 is 23.7 Å². The van der Waals surface area contributed by atoms with Crippen LogP contribution in [0.5, 0.6) is 23.0 Å². The summed E-state index contributed by atoms with van der Waals surface area (Å²) in [6, 6.07) is 19.5. The van der Waals surface area contributed by atoms with E-state index in [1.165, 1.54) is 0 Å². The summed E-state index contributed by atoms with van der Waals surface area (Å²) in [6.07, 6.45) is 0. The molecule has 3 aromatic carbocycles. The number of para-hydroxylation sites is 2. The lowest BCUT2D eigenvalue weighted by Gasteiger charge is -2.29. The zero-order chi connectivity index (χ0) is 27.5. The molecule has 0 bridgehead atoms. The van der Waals surface area contributed by atoms with Crippen LogP contribution in [0.3, 0.4) is 0 Å². The Balaban J connectivity index is 1.63. The highest BCUT2D eigenvalue weighted by Gasteiger charge is 2.36. The van der Waals surface area contributed by atoms with Crippen LogP contribution in [0.1, 0.15) is 18.5 Å². The Bertz CT molecular complexity index is 1540. The zero-order valence-electron chi connectivity index (χ0n) is 22.3. The minimum atomic E-state index is -0.656. The first kappa shape index (κ1) is 25.7. The first-order valence-corrected chi connectivity index (χ1v) is 12.2. The van der Waals surface area contributed by atoms with Crippen LogP contribution in [0.25, 0.3) is 11.4 Å². The third-order valence-corrected chi connectivity index (χ3v) is 6.54. The highest BCUT2D eigenvalue weighted by molar-refractivity contribution is 6.06. The van der Waals surface area contributed by atoms with Gasteiger partial charge in [-0.25, -0.2) is 4.68 Å². The molecule has 0 saturated heterocycles. The van der Waals surface area contributed by atoms with E-state index in [9.17, 15) is 4.79 Å². The standard InChI is InChI=1S/C29H29N5O5/c1-17-25(28(35)31-22-8-6-7-9-23(22)38-4)26(21-15-14-20(37-3)16-24(21)39-5)34-29(30-17)32-27(33-34)18-10-12-19(36-2)13-11-18/h6-16,26H,1-5H3,(H,31,35)(H,30,32,33). The molecule has 4 aromatic rings. The number of aromatic nitrogens is 3. The first-order chi connectivity index (χ1) is 19.0. The number of hydrogen-bond donors (Lipinski definition) is 2. The van der Waals surface area contributed by atoms with E-state index in [-0.39, 0.29) is 5.91 Å². The molecule has 39 heavy (non-hydrogen) atoms. The number of nitrogens with zero attached hydrogens (tertiary/aromatic N) is 3. The number of methoxy groups -OCH3 is 4. The lowest BCUT2D eigenvalue weighted by Crippen LogP contribution is -2.31. The molecule has 0 radical (unpaired) electrons. The van der Waals surface area contributed by atoms with Crippen molar-refractivity contribution >= 4 is 17.5 Å². The molecule has 1 aromatic heterocycles. The zero-order valence-corrected chi connectivity index (χ0v) is 22.3. The third kappa shape index (κ3) is 4.84. The lowest BCUT2D eigenvalue weighted by atomic mass is 9.94. The molecule has 1 atom stereocenters. The number of nitrogens with one attached hydrogen (secondary N) is 2. The topological polar surface area (TPSA) is 109 Å². The lowest BCUT2D eigenvalue weighted by molar-refractivity contribution is -0.113. The second-order valence-electron chi connectivity index (χ2n) is 8.76. The van der Waals surface area contributed by atoms with Gasteiger partial charge >= 0.3 is 0 Å². The number of rotatable bonds is 8. The number of carbonyl (C=O) groups is 1. The Morgan fingerprint density at radius 1 is 0.872 bits per heavy atom. The van der Waals surface area contributed by atoms with Gasteiger partial charge in [0, 0.05) is 22.9 Å². The Morgan fingerprint density at radius 3 is 2.26 bits per heavy atom. The van der Waals surface area contributed by atoms with Gasteiger partial charge in [0.05, 0.1) is 39.7 Å². The van der Waals surface area contributed by atoms with Crippen molar-refractivity contribution in [2.45, 2.75) is 13.0 Å². The molecule has 0 aliphatic carbocycles. The van der Waals surface area contributed by atoms with Crippen molar-refractivity contribution in [3.63, 3.8) is 0 Å². The molecule has 200 valence electrons. The Kier molecular flexibility index (Phi) is 7.09. The van der Waals surface area contributed by atoms with E-state index in [2.05, 4.69) is 10.6 Å². The predicted molar refractivity (Wildman–Crippen MR) is 148 cm³/mol. The van der Waals surface area contributed by atoms with Gasteiger partial charge in [-0.2, -0.15) is 4.98 Å². The van der Waals surface area contributed by atoms with E-state index >= 15 is 0 Å². The van der Waals surface area contributed by atoms with Crippen molar-refractivity contribution in [2.24, 2.45) is 0 Å². The van der Waals surface area contributed by atoms with Crippen LogP contribution in [-0.2, 0) is 4.79 Å². The number of allylic oxidation sites excluding steroid dienone is 1. The van der Waals surface area contributed by atoms with Crippen LogP contribution in [-0.4, -0.2) is 49.1 Å². The summed E-state index contributed by atoms with van der Waals surface area (Å²) in [5, 5.41) is 11.1. The van der Waals surface area contributed by atoms with E-state index in [1.54, 1.807) is 51.3 Å². The second-order valence-corrected chi connectivity index (χ2v) is 8.76. The third-order valence-electron chi connectivity index (χ3n) is 6.54. The summed E-state index contributed by atoms with van der Waals surface area (Å²) in [5.41, 5.74) is 3.15. The molecule has 10 heteroatoms. The van der Waals surface area contributed by atoms with Gasteiger partial charge in [0.1, 0.15) is 29.0 Å². The van der Waals surface area contributed by atoms with E-state index in [4.69, 9.17) is 29.0 Å². The molecule has 1 aliphatic heterocycles. The fourth-order valence-corrected chi connectivity index (χ4v) is 4.58. The molecule has 1 aliphatic rings. The molecule has 1 amide bonds. The van der Waals surface area contributed by atoms with Gasteiger partial charge in [-0.15, -0.1) is 5.10 Å². The van der Waals surface area contributed by atoms with E-state index in [1.807, 2.05) is 55.5 Å². The van der Waals surface area contributed by atoms with Crippen molar-refractivity contribution in [3.05, 3.63) is 83.6 Å². The normalized spacial score (nSPS) is 14.2. The average molecular weight is 528 g/mol. The van der Waals surface area contributed by atoms with Crippen molar-refractivity contribution in [3.8, 4) is 34.4 Å². The van der Waals surface area contributed by atoms with Gasteiger partial charge in [-0.05, 0) is 55.5 Å². The molecular weight excluding hydrogens is 498 g/mol. The molecule has 2 heterocycles. The molecule has 0 fully saturated rings. The quantitative estimate of drug-likeness (QED) is 0.333. The van der Waals surface area contributed by atoms with Crippen LogP contribution < -0.4 is 29.6 Å². The van der Waals surface area contributed by atoms with Crippen molar-refractivity contribution in [1.82, 2.24) is 14.8 Å². The molecule has 0 spiro atoms. The van der Waals surface area contributed by atoms with E-state index < -0.39 is 6.04 Å². The van der Waals surface area contributed by atoms with E-state index in [0.717, 1.165) is 16.9 Å². The van der Waals surface area contributed by atoms with Gasteiger partial charge in [0.15, 0.2) is 5.82 Å². The number of fused-ring (bicyclic) bond motifs is 1. The van der Waals surface area contributed by atoms with E-state index in [0.29, 0.717) is 46.0 Å². The van der Waals surface area contributed by atoms with Crippen LogP contribution in [0.2, 0.25) is 0 Å². The van der Waals surface area contributed by atoms with Crippen molar-refractivity contribution in [2.75, 3.05) is 39.1 Å². The van der Waals surface area contributed by atoms with Gasteiger partial charge in [-0.1, -0.05) is 12.1 Å². The highest BCUT2D eigenvalue weighted by atomic mass is 16.5. The van der Waals surface area contributed by atoms with Gasteiger partial charge in [0.2, 0.25) is 5.95 Å². The fourth-order valence-electron chi connectivity index (χ4n) is 4.58. The Hall–Kier alpha value is -4.99. The maximum Gasteiger partial charge on any atom is 0.255 e. The summed E-state index contributed by atoms with van der Waals surface area (Å²) in [4.78, 5) is 18.6. The Labute approximate surface area is 226 Å². The number of carbonyl (C=O) groups excluding carboxylic acids is 1. The maximum absolute atomic E-state index is 13.9. The summed E-state index contributed by atoms with van der Waals surface area (Å²) in [7, 11) is 6.35. The predicted octanol–water partition coefficient (Wildman–Crippen LogP) is 4.91. The molecule has 1 unspecified atom stereocenters. The van der Waals surface area contributed by atoms with Gasteiger partial charge in [-0.3, -0.25) is 4.79 Å². The molecule has 2 N–H and O–H groups in total. The number of amides is 1. The molecular formula is C29H29N5O5. The summed E-state index contributed by atoms with van der Waals surface area (Å²) < 4.78 is 23.6. The number of hydrogen-bond acceptors (Lipinski definition) is 8. The molecule has 0 saturated carbocycles. The monoisotopic (exact) mass is 527 g/mol. The smallest absolute Gasteiger partial charge is 0.255 e. The van der Waals surface area contributed by atoms with Crippen LogP contribution in [0.4, 0.5) is 11.6 Å². The Morgan fingerprint density at radius 2 is 1.56 bits per heavy atom. The number of anilines is 2. The average Bonchev–Trinajstić information content (AvgIpc) is 3.40. The summed E-state index contributed by atoms with van der Waals surface area (Å²) in [5.74, 6) is 3.13. The van der Waals surface area contributed by atoms with Crippen LogP contribution >= 0.6 is 0 Å². The SMILES string of the molecule is COc1ccc(-c2nc3n(n2)C(c2ccc(OC)cc2OC)C(C(=O)Nc2ccccc2OC)=C(C)N3)cc1. The van der Waals surface area contributed by atoms with Crippen LogP contribution in [0, 0.1) is 0 Å². The maximum atomic E-state index is 13.9. The second kappa shape index (κ2) is 10.8. The molecule has 10 nitrogen and oxygen atoms in total. The number of ether oxygens (including phenoxy) is 4.